The summed E-state index contributed by atoms with van der Waals surface area (Å²) in [4.78, 5) is 22.3. The highest BCUT2D eigenvalue weighted by Gasteiger charge is 2.49. The summed E-state index contributed by atoms with van der Waals surface area (Å²) in [5, 5.41) is 9.05. The van der Waals surface area contributed by atoms with E-state index in [1.54, 1.807) is 0 Å². The van der Waals surface area contributed by atoms with Crippen LogP contribution in [-0.2, 0) is 14.3 Å². The molecule has 1 N–H and O–H groups in total. The van der Waals surface area contributed by atoms with Crippen molar-refractivity contribution in [1.29, 1.82) is 0 Å². The Bertz CT molecular complexity index is 566. The quantitative estimate of drug-likeness (QED) is 0.497. The Kier molecular flexibility index (Phi) is 6.57. The molecular formula is C22H36O4. The van der Waals surface area contributed by atoms with Crippen LogP contribution in [0.1, 0.15) is 79.6 Å². The third kappa shape index (κ3) is 4.50. The van der Waals surface area contributed by atoms with E-state index < -0.39 is 5.97 Å². The molecule has 2 aliphatic rings. The Morgan fingerprint density at radius 2 is 2.08 bits per heavy atom. The van der Waals surface area contributed by atoms with Crippen LogP contribution in [0.4, 0.5) is 0 Å². The molecular weight excluding hydrogens is 328 g/mol. The molecule has 2 aliphatic carbocycles. The maximum absolute atomic E-state index is 11.3. The van der Waals surface area contributed by atoms with E-state index in [9.17, 15) is 9.59 Å². The van der Waals surface area contributed by atoms with Gasteiger partial charge in [0.1, 0.15) is 6.61 Å². The molecule has 5 atom stereocenters. The summed E-state index contributed by atoms with van der Waals surface area (Å²) >= 11 is 0. The second-order valence-corrected chi connectivity index (χ2v) is 9.33. The van der Waals surface area contributed by atoms with Gasteiger partial charge in [-0.25, -0.2) is 0 Å². The van der Waals surface area contributed by atoms with Gasteiger partial charge < -0.3 is 9.84 Å². The zero-order valence-electron chi connectivity index (χ0n) is 17.1. The number of carbonyl (C=O) groups excluding carboxylic acids is 1. The Balaban J connectivity index is 2.17. The first-order chi connectivity index (χ1) is 12.1. The van der Waals surface area contributed by atoms with Crippen LogP contribution in [0.2, 0.25) is 0 Å². The first-order valence-corrected chi connectivity index (χ1v) is 10.1. The number of allylic oxidation sites excluding steroid dienone is 1. The summed E-state index contributed by atoms with van der Waals surface area (Å²) in [6.07, 6.45) is 9.17. The average molecular weight is 365 g/mol. The normalized spacial score (nSPS) is 35.2. The standard InChI is InChI=1S/C22H36O4/c1-15(13-20(24)25)10-12-22(5)16(2)8-9-18-19(22)7-6-11-21(18,4)14-26-17(3)23/h9,15-16,19H,6-8,10-14H2,1-5H3,(H,24,25)/t15-,16+,19-,21+,22-/m1/s1. The number of ether oxygens (including phenoxy) is 1. The minimum atomic E-state index is -0.702. The molecule has 0 unspecified atom stereocenters. The molecule has 0 saturated heterocycles. The molecule has 4 heteroatoms. The van der Waals surface area contributed by atoms with Gasteiger partial charge in [0, 0.05) is 18.8 Å². The van der Waals surface area contributed by atoms with Crippen LogP contribution < -0.4 is 0 Å². The number of fused-ring (bicyclic) bond motifs is 1. The lowest BCUT2D eigenvalue weighted by Crippen LogP contribution is -2.46. The molecule has 148 valence electrons. The van der Waals surface area contributed by atoms with Gasteiger partial charge in [-0.3, -0.25) is 9.59 Å². The van der Waals surface area contributed by atoms with Gasteiger partial charge in [0.15, 0.2) is 0 Å². The summed E-state index contributed by atoms with van der Waals surface area (Å²) in [5.74, 6) is 0.402. The SMILES string of the molecule is CC(=O)OC[C@]1(C)CCC[C@@H]2C1=CC[C@H](C)[C@@]2(C)CC[C@@H](C)CC(=O)O. The van der Waals surface area contributed by atoms with Crippen molar-refractivity contribution in [2.75, 3.05) is 6.61 Å². The summed E-state index contributed by atoms with van der Waals surface area (Å²) < 4.78 is 5.43. The molecule has 2 rings (SSSR count). The third-order valence-corrected chi connectivity index (χ3v) is 7.20. The Morgan fingerprint density at radius 1 is 1.38 bits per heavy atom. The monoisotopic (exact) mass is 364 g/mol. The molecule has 0 aromatic rings. The van der Waals surface area contributed by atoms with E-state index in [-0.39, 0.29) is 29.1 Å². The van der Waals surface area contributed by atoms with Gasteiger partial charge in [-0.15, -0.1) is 0 Å². The van der Waals surface area contributed by atoms with Crippen molar-refractivity contribution in [1.82, 2.24) is 0 Å². The maximum atomic E-state index is 11.3. The lowest BCUT2D eigenvalue weighted by Gasteiger charge is -2.54. The molecule has 0 bridgehead atoms. The predicted octanol–water partition coefficient (Wildman–Crippen LogP) is 5.22. The van der Waals surface area contributed by atoms with Gasteiger partial charge in [0.25, 0.3) is 0 Å². The minimum Gasteiger partial charge on any atom is -0.481 e. The van der Waals surface area contributed by atoms with Gasteiger partial charge >= 0.3 is 11.9 Å². The van der Waals surface area contributed by atoms with Crippen molar-refractivity contribution in [3.05, 3.63) is 11.6 Å². The van der Waals surface area contributed by atoms with E-state index in [0.29, 0.717) is 18.4 Å². The summed E-state index contributed by atoms with van der Waals surface area (Å²) in [6, 6.07) is 0. The molecule has 0 aromatic carbocycles. The van der Waals surface area contributed by atoms with Crippen molar-refractivity contribution >= 4 is 11.9 Å². The number of hydrogen-bond donors (Lipinski definition) is 1. The molecule has 1 saturated carbocycles. The second-order valence-electron chi connectivity index (χ2n) is 9.33. The van der Waals surface area contributed by atoms with Crippen LogP contribution >= 0.6 is 0 Å². The van der Waals surface area contributed by atoms with E-state index in [1.165, 1.54) is 18.9 Å². The molecule has 0 spiro atoms. The van der Waals surface area contributed by atoms with Gasteiger partial charge in [-0.2, -0.15) is 0 Å². The molecule has 1 fully saturated rings. The number of esters is 1. The van der Waals surface area contributed by atoms with E-state index in [2.05, 4.69) is 26.8 Å². The second kappa shape index (κ2) is 8.14. The zero-order valence-corrected chi connectivity index (χ0v) is 17.1. The molecule has 0 amide bonds. The fourth-order valence-corrected chi connectivity index (χ4v) is 5.20. The first-order valence-electron chi connectivity index (χ1n) is 10.1. The number of carbonyl (C=O) groups is 2. The van der Waals surface area contributed by atoms with E-state index in [4.69, 9.17) is 9.84 Å². The molecule has 0 heterocycles. The van der Waals surface area contributed by atoms with Crippen LogP contribution in [0.25, 0.3) is 0 Å². The molecule has 26 heavy (non-hydrogen) atoms. The topological polar surface area (TPSA) is 63.6 Å². The summed E-state index contributed by atoms with van der Waals surface area (Å²) in [7, 11) is 0. The molecule has 0 aliphatic heterocycles. The van der Waals surface area contributed by atoms with Crippen molar-refractivity contribution in [3.8, 4) is 0 Å². The third-order valence-electron chi connectivity index (χ3n) is 7.20. The fourth-order valence-electron chi connectivity index (χ4n) is 5.20. The Labute approximate surface area is 158 Å². The van der Waals surface area contributed by atoms with Crippen molar-refractivity contribution in [2.24, 2.45) is 28.6 Å². The fraction of sp³-hybridized carbons (Fsp3) is 0.818. The highest BCUT2D eigenvalue weighted by molar-refractivity contribution is 5.67. The average Bonchev–Trinajstić information content (AvgIpc) is 2.55. The lowest BCUT2D eigenvalue weighted by molar-refractivity contribution is -0.144. The number of rotatable bonds is 7. The van der Waals surface area contributed by atoms with E-state index in [0.717, 1.165) is 32.1 Å². The highest BCUT2D eigenvalue weighted by Crippen LogP contribution is 2.58. The van der Waals surface area contributed by atoms with E-state index >= 15 is 0 Å². The van der Waals surface area contributed by atoms with Crippen LogP contribution in [0.15, 0.2) is 11.6 Å². The smallest absolute Gasteiger partial charge is 0.303 e. The van der Waals surface area contributed by atoms with Crippen molar-refractivity contribution < 1.29 is 19.4 Å². The van der Waals surface area contributed by atoms with Crippen LogP contribution in [0.5, 0.6) is 0 Å². The number of hydrogen-bond acceptors (Lipinski definition) is 3. The van der Waals surface area contributed by atoms with Crippen molar-refractivity contribution in [3.63, 3.8) is 0 Å². The number of carboxylic acid groups (broad SMARTS) is 1. The summed E-state index contributed by atoms with van der Waals surface area (Å²) in [5.41, 5.74) is 1.62. The van der Waals surface area contributed by atoms with Crippen LogP contribution in [-0.4, -0.2) is 23.7 Å². The number of carboxylic acids is 1. The first kappa shape index (κ1) is 21.0. The Morgan fingerprint density at radius 3 is 2.69 bits per heavy atom. The molecule has 0 radical (unpaired) electrons. The van der Waals surface area contributed by atoms with Gasteiger partial charge in [0.05, 0.1) is 0 Å². The Hall–Kier alpha value is -1.32. The predicted molar refractivity (Wildman–Crippen MR) is 103 cm³/mol. The van der Waals surface area contributed by atoms with E-state index in [1.807, 2.05) is 6.92 Å². The van der Waals surface area contributed by atoms with Crippen LogP contribution in [0, 0.1) is 28.6 Å². The molecule has 0 aromatic heterocycles. The summed E-state index contributed by atoms with van der Waals surface area (Å²) in [6.45, 7) is 11.0. The zero-order chi connectivity index (χ0) is 19.5. The van der Waals surface area contributed by atoms with Gasteiger partial charge in [-0.1, -0.05) is 45.8 Å². The highest BCUT2D eigenvalue weighted by atomic mass is 16.5. The van der Waals surface area contributed by atoms with Gasteiger partial charge in [0.2, 0.25) is 0 Å². The lowest BCUT2D eigenvalue weighted by atomic mass is 9.51. The molecule has 4 nitrogen and oxygen atoms in total. The van der Waals surface area contributed by atoms with Crippen LogP contribution in [0.3, 0.4) is 0 Å². The van der Waals surface area contributed by atoms with Crippen molar-refractivity contribution in [2.45, 2.75) is 79.6 Å². The maximum Gasteiger partial charge on any atom is 0.303 e. The van der Waals surface area contributed by atoms with Gasteiger partial charge in [-0.05, 0) is 55.3 Å². The largest absolute Gasteiger partial charge is 0.481 e. The number of aliphatic carboxylic acids is 1. The minimum absolute atomic E-state index is 0.0529.